The lowest BCUT2D eigenvalue weighted by Gasteiger charge is -2.26. The van der Waals surface area contributed by atoms with Crippen molar-refractivity contribution < 1.29 is 4.74 Å². The van der Waals surface area contributed by atoms with E-state index < -0.39 is 0 Å². The number of ether oxygens (including phenoxy) is 1. The standard InChI is InChI=1S/C8H9N5O2/c14-8-11-10-6-1-2-7(12-13(6)8)15-5-3-9-4-5/h1-2,5,9H,3-4H2,(H,11,14). The summed E-state index contributed by atoms with van der Waals surface area (Å²) < 4.78 is 6.69. The highest BCUT2D eigenvalue weighted by Gasteiger charge is 2.19. The second-order valence-corrected chi connectivity index (χ2v) is 3.37. The van der Waals surface area contributed by atoms with Crippen LogP contribution in [0.3, 0.4) is 0 Å². The molecule has 2 N–H and O–H groups in total. The van der Waals surface area contributed by atoms with E-state index in [2.05, 4.69) is 20.6 Å². The van der Waals surface area contributed by atoms with Gasteiger partial charge in [0, 0.05) is 19.2 Å². The predicted molar refractivity (Wildman–Crippen MR) is 50.9 cm³/mol. The third kappa shape index (κ3) is 1.37. The van der Waals surface area contributed by atoms with Gasteiger partial charge in [0.2, 0.25) is 5.88 Å². The Morgan fingerprint density at radius 2 is 2.33 bits per heavy atom. The predicted octanol–water partition coefficient (Wildman–Crippen LogP) is -1.23. The van der Waals surface area contributed by atoms with Crippen LogP contribution < -0.4 is 15.7 Å². The van der Waals surface area contributed by atoms with E-state index >= 15 is 0 Å². The Labute approximate surface area is 84.1 Å². The topological polar surface area (TPSA) is 84.3 Å². The number of hydrogen-bond donors (Lipinski definition) is 2. The molecule has 0 atom stereocenters. The van der Waals surface area contributed by atoms with Crippen molar-refractivity contribution in [2.45, 2.75) is 6.10 Å². The molecule has 78 valence electrons. The maximum Gasteiger partial charge on any atom is 0.364 e. The molecule has 0 aliphatic carbocycles. The molecule has 0 unspecified atom stereocenters. The average molecular weight is 207 g/mol. The largest absolute Gasteiger partial charge is 0.471 e. The lowest BCUT2D eigenvalue weighted by atomic mass is 10.2. The van der Waals surface area contributed by atoms with Gasteiger partial charge in [0.1, 0.15) is 6.10 Å². The molecule has 1 saturated heterocycles. The molecule has 2 aromatic rings. The van der Waals surface area contributed by atoms with Gasteiger partial charge in [-0.05, 0) is 6.07 Å². The van der Waals surface area contributed by atoms with Gasteiger partial charge in [-0.2, -0.15) is 9.61 Å². The van der Waals surface area contributed by atoms with Gasteiger partial charge in [-0.1, -0.05) is 0 Å². The third-order valence-corrected chi connectivity index (χ3v) is 2.28. The van der Waals surface area contributed by atoms with Crippen LogP contribution in [0, 0.1) is 0 Å². The monoisotopic (exact) mass is 207 g/mol. The molecule has 1 aliphatic heterocycles. The zero-order valence-electron chi connectivity index (χ0n) is 7.80. The van der Waals surface area contributed by atoms with Crippen LogP contribution >= 0.6 is 0 Å². The number of rotatable bonds is 2. The number of nitrogens with one attached hydrogen (secondary N) is 2. The molecule has 1 fully saturated rings. The van der Waals surface area contributed by atoms with Crippen LogP contribution in [-0.2, 0) is 0 Å². The van der Waals surface area contributed by atoms with Gasteiger partial charge in [0.05, 0.1) is 0 Å². The van der Waals surface area contributed by atoms with Gasteiger partial charge in [-0.25, -0.2) is 9.89 Å². The molecule has 0 spiro atoms. The molecular formula is C8H9N5O2. The summed E-state index contributed by atoms with van der Waals surface area (Å²) in [6, 6.07) is 3.39. The van der Waals surface area contributed by atoms with Crippen molar-refractivity contribution in [2.24, 2.45) is 0 Å². The summed E-state index contributed by atoms with van der Waals surface area (Å²) in [5.41, 5.74) is 0.126. The first-order chi connectivity index (χ1) is 7.33. The number of aromatic amines is 1. The number of nitrogens with zero attached hydrogens (tertiary/aromatic N) is 3. The van der Waals surface area contributed by atoms with E-state index in [0.29, 0.717) is 11.5 Å². The highest BCUT2D eigenvalue weighted by Crippen LogP contribution is 2.09. The van der Waals surface area contributed by atoms with Crippen LogP contribution in [0.1, 0.15) is 0 Å². The van der Waals surface area contributed by atoms with Crippen LogP contribution in [0.5, 0.6) is 5.88 Å². The molecule has 3 heterocycles. The first-order valence-corrected chi connectivity index (χ1v) is 4.65. The third-order valence-electron chi connectivity index (χ3n) is 2.28. The van der Waals surface area contributed by atoms with Crippen molar-refractivity contribution in [3.8, 4) is 5.88 Å². The summed E-state index contributed by atoms with van der Waals surface area (Å²) in [5, 5.41) is 13.2. The van der Waals surface area contributed by atoms with Crippen molar-refractivity contribution in [1.82, 2.24) is 25.1 Å². The van der Waals surface area contributed by atoms with Crippen LogP contribution in [0.15, 0.2) is 16.9 Å². The Hall–Kier alpha value is -1.89. The summed E-state index contributed by atoms with van der Waals surface area (Å²) in [7, 11) is 0. The molecule has 0 bridgehead atoms. The highest BCUT2D eigenvalue weighted by atomic mass is 16.5. The van der Waals surface area contributed by atoms with Crippen LogP contribution in [0.4, 0.5) is 0 Å². The van der Waals surface area contributed by atoms with Gasteiger partial charge < -0.3 is 10.1 Å². The number of aromatic nitrogens is 4. The Balaban J connectivity index is 1.97. The first-order valence-electron chi connectivity index (χ1n) is 4.65. The SMILES string of the molecule is O=c1[nH]nc2ccc(OC3CNC3)nn12. The zero-order chi connectivity index (χ0) is 10.3. The molecule has 0 radical (unpaired) electrons. The Morgan fingerprint density at radius 1 is 1.47 bits per heavy atom. The molecule has 2 aromatic heterocycles. The first kappa shape index (κ1) is 8.42. The van der Waals surface area contributed by atoms with Crippen molar-refractivity contribution in [1.29, 1.82) is 0 Å². The molecule has 0 aromatic carbocycles. The van der Waals surface area contributed by atoms with E-state index in [1.807, 2.05) is 0 Å². The lowest BCUT2D eigenvalue weighted by Crippen LogP contribution is -2.50. The van der Waals surface area contributed by atoms with Crippen LogP contribution in [0.2, 0.25) is 0 Å². The quantitative estimate of drug-likeness (QED) is 0.644. The lowest BCUT2D eigenvalue weighted by molar-refractivity contribution is 0.134. The maximum atomic E-state index is 11.2. The molecule has 15 heavy (non-hydrogen) atoms. The van der Waals surface area contributed by atoms with Crippen LogP contribution in [-0.4, -0.2) is 39.0 Å². The Kier molecular flexibility index (Phi) is 1.72. The van der Waals surface area contributed by atoms with E-state index in [4.69, 9.17) is 4.74 Å². The van der Waals surface area contributed by atoms with Gasteiger partial charge >= 0.3 is 5.69 Å². The molecular weight excluding hydrogens is 198 g/mol. The number of hydrogen-bond acceptors (Lipinski definition) is 5. The molecule has 0 saturated carbocycles. The van der Waals surface area contributed by atoms with Crippen molar-refractivity contribution in [3.63, 3.8) is 0 Å². The fourth-order valence-electron chi connectivity index (χ4n) is 1.37. The summed E-state index contributed by atoms with van der Waals surface area (Å²) >= 11 is 0. The van der Waals surface area contributed by atoms with Crippen molar-refractivity contribution >= 4 is 5.65 Å². The average Bonchev–Trinajstić information content (AvgIpc) is 2.55. The second-order valence-electron chi connectivity index (χ2n) is 3.37. The molecule has 0 amide bonds. The molecule has 1 aliphatic rings. The van der Waals surface area contributed by atoms with Crippen molar-refractivity contribution in [2.75, 3.05) is 13.1 Å². The van der Waals surface area contributed by atoms with E-state index in [1.165, 1.54) is 4.52 Å². The molecule has 7 nitrogen and oxygen atoms in total. The van der Waals surface area contributed by atoms with Gasteiger partial charge in [0.25, 0.3) is 0 Å². The van der Waals surface area contributed by atoms with E-state index in [0.717, 1.165) is 13.1 Å². The maximum absolute atomic E-state index is 11.2. The van der Waals surface area contributed by atoms with Crippen LogP contribution in [0.25, 0.3) is 5.65 Å². The molecule has 7 heteroatoms. The fraction of sp³-hybridized carbons (Fsp3) is 0.375. The van der Waals surface area contributed by atoms with Gasteiger partial charge in [-0.15, -0.1) is 5.10 Å². The smallest absolute Gasteiger partial charge is 0.364 e. The van der Waals surface area contributed by atoms with E-state index in [-0.39, 0.29) is 11.8 Å². The fourth-order valence-corrected chi connectivity index (χ4v) is 1.37. The minimum atomic E-state index is -0.359. The highest BCUT2D eigenvalue weighted by molar-refractivity contribution is 5.35. The Bertz CT molecular complexity index is 541. The summed E-state index contributed by atoms with van der Waals surface area (Å²) in [5.74, 6) is 0.442. The Morgan fingerprint density at radius 3 is 3.07 bits per heavy atom. The normalized spacial score (nSPS) is 16.5. The minimum Gasteiger partial charge on any atom is -0.471 e. The summed E-state index contributed by atoms with van der Waals surface area (Å²) in [4.78, 5) is 11.2. The second kappa shape index (κ2) is 3.06. The molecule has 3 rings (SSSR count). The summed E-state index contributed by atoms with van der Waals surface area (Å²) in [6.45, 7) is 1.64. The number of fused-ring (bicyclic) bond motifs is 1. The van der Waals surface area contributed by atoms with Crippen molar-refractivity contribution in [3.05, 3.63) is 22.6 Å². The van der Waals surface area contributed by atoms with E-state index in [1.54, 1.807) is 12.1 Å². The van der Waals surface area contributed by atoms with Gasteiger partial charge in [0.15, 0.2) is 5.65 Å². The van der Waals surface area contributed by atoms with Gasteiger partial charge in [-0.3, -0.25) is 0 Å². The minimum absolute atomic E-state index is 0.151. The summed E-state index contributed by atoms with van der Waals surface area (Å²) in [6.07, 6.45) is 0.151. The van der Waals surface area contributed by atoms with E-state index in [9.17, 15) is 4.79 Å². The number of H-pyrrole nitrogens is 1. The zero-order valence-corrected chi connectivity index (χ0v) is 7.80.